The summed E-state index contributed by atoms with van der Waals surface area (Å²) in [5.74, 6) is -0.391. The summed E-state index contributed by atoms with van der Waals surface area (Å²) in [7, 11) is 0. The van der Waals surface area contributed by atoms with Crippen molar-refractivity contribution in [2.75, 3.05) is 10.6 Å². The molecule has 0 bridgehead atoms. The first-order valence-corrected chi connectivity index (χ1v) is 9.93. The number of tetrazole rings is 1. The van der Waals surface area contributed by atoms with E-state index in [0.717, 1.165) is 0 Å². The normalized spacial score (nSPS) is 10.8. The molecule has 1 aromatic carbocycles. The predicted octanol–water partition coefficient (Wildman–Crippen LogP) is 2.90. The third kappa shape index (κ3) is 4.48. The Labute approximate surface area is 179 Å². The molecule has 3 heterocycles. The molecule has 2 amide bonds. The molecule has 0 fully saturated rings. The summed E-state index contributed by atoms with van der Waals surface area (Å²) in [4.78, 5) is 28.9. The van der Waals surface area contributed by atoms with E-state index in [-0.39, 0.29) is 18.0 Å². The lowest BCUT2D eigenvalue weighted by molar-refractivity contribution is -0.115. The number of carbonyl (C=O) groups excluding carboxylic acids is 2. The van der Waals surface area contributed by atoms with Gasteiger partial charge in [-0.1, -0.05) is 0 Å². The van der Waals surface area contributed by atoms with Gasteiger partial charge in [-0.15, -0.1) is 16.4 Å². The summed E-state index contributed by atoms with van der Waals surface area (Å²) in [6, 6.07) is 5.73. The van der Waals surface area contributed by atoms with Crippen LogP contribution in [0.15, 0.2) is 40.3 Å². The molecule has 0 radical (unpaired) electrons. The molecule has 0 saturated carbocycles. The summed E-state index contributed by atoms with van der Waals surface area (Å²) in [6.07, 6.45) is 1.33. The van der Waals surface area contributed by atoms with E-state index in [1.165, 1.54) is 40.5 Å². The van der Waals surface area contributed by atoms with Gasteiger partial charge >= 0.3 is 0 Å². The fraction of sp³-hybridized carbons (Fsp3) is 0.158. The van der Waals surface area contributed by atoms with Gasteiger partial charge in [-0.3, -0.25) is 14.9 Å². The van der Waals surface area contributed by atoms with Crippen molar-refractivity contribution in [1.29, 1.82) is 0 Å². The van der Waals surface area contributed by atoms with Crippen LogP contribution in [0.25, 0.3) is 5.69 Å². The number of aromatic nitrogens is 5. The van der Waals surface area contributed by atoms with Crippen molar-refractivity contribution in [2.24, 2.45) is 0 Å². The SMILES string of the molecule is Cc1occc1C(=O)Nc1nc(CC(=O)Nc2cc(-n3nnnc3C)ccc2F)cs1. The highest BCUT2D eigenvalue weighted by Crippen LogP contribution is 2.21. The standard InChI is InChI=1S/C19H16FN7O3S/c1-10-14(5-6-30-10)18(29)23-19-21-12(9-31-19)7-17(28)22-16-8-13(3-4-15(16)20)27-11(2)24-25-26-27/h3-6,8-9H,7H2,1-2H3,(H,22,28)(H,21,23,29). The summed E-state index contributed by atoms with van der Waals surface area (Å²) in [5, 5.41) is 18.3. The zero-order chi connectivity index (χ0) is 22.0. The molecule has 2 N–H and O–H groups in total. The number of rotatable bonds is 6. The van der Waals surface area contributed by atoms with E-state index in [4.69, 9.17) is 4.42 Å². The largest absolute Gasteiger partial charge is 0.469 e. The number of benzene rings is 1. The Morgan fingerprint density at radius 1 is 1.23 bits per heavy atom. The third-order valence-corrected chi connectivity index (χ3v) is 5.12. The Hall–Kier alpha value is -3.93. The second-order valence-corrected chi connectivity index (χ2v) is 7.37. The molecule has 158 valence electrons. The number of nitrogens with zero attached hydrogens (tertiary/aromatic N) is 5. The lowest BCUT2D eigenvalue weighted by atomic mass is 10.2. The number of hydrogen-bond acceptors (Lipinski definition) is 8. The first kappa shape index (κ1) is 20.3. The predicted molar refractivity (Wildman–Crippen MR) is 110 cm³/mol. The number of nitrogens with one attached hydrogen (secondary N) is 2. The van der Waals surface area contributed by atoms with Crippen molar-refractivity contribution in [2.45, 2.75) is 20.3 Å². The Morgan fingerprint density at radius 3 is 2.77 bits per heavy atom. The van der Waals surface area contributed by atoms with Gasteiger partial charge in [0.15, 0.2) is 11.0 Å². The molecular weight excluding hydrogens is 425 g/mol. The van der Waals surface area contributed by atoms with Gasteiger partial charge in [0.05, 0.1) is 35.3 Å². The minimum absolute atomic E-state index is 0.00316. The number of carbonyl (C=O) groups is 2. The number of hydrogen-bond donors (Lipinski definition) is 2. The van der Waals surface area contributed by atoms with Gasteiger partial charge in [0, 0.05) is 5.38 Å². The number of thiazole rings is 1. The topological polar surface area (TPSA) is 128 Å². The molecule has 4 rings (SSSR count). The van der Waals surface area contributed by atoms with Gasteiger partial charge in [-0.2, -0.15) is 4.68 Å². The van der Waals surface area contributed by atoms with Crippen LogP contribution in [0.5, 0.6) is 0 Å². The van der Waals surface area contributed by atoms with E-state index in [1.807, 2.05) is 0 Å². The van der Waals surface area contributed by atoms with Crippen molar-refractivity contribution in [1.82, 2.24) is 25.2 Å². The highest BCUT2D eigenvalue weighted by Gasteiger charge is 2.16. The average molecular weight is 441 g/mol. The van der Waals surface area contributed by atoms with E-state index in [1.54, 1.807) is 25.3 Å². The van der Waals surface area contributed by atoms with Gasteiger partial charge < -0.3 is 9.73 Å². The van der Waals surface area contributed by atoms with Gasteiger partial charge in [0.1, 0.15) is 11.6 Å². The van der Waals surface area contributed by atoms with Crippen molar-refractivity contribution in [3.8, 4) is 5.69 Å². The molecule has 0 spiro atoms. The number of furan rings is 1. The van der Waals surface area contributed by atoms with Crippen LogP contribution in [0.1, 0.15) is 27.6 Å². The lowest BCUT2D eigenvalue weighted by Gasteiger charge is -2.08. The maximum Gasteiger partial charge on any atom is 0.260 e. The van der Waals surface area contributed by atoms with Crippen molar-refractivity contribution in [3.05, 3.63) is 64.6 Å². The van der Waals surface area contributed by atoms with E-state index in [2.05, 4.69) is 31.1 Å². The van der Waals surface area contributed by atoms with Crippen LogP contribution in [0, 0.1) is 19.7 Å². The second kappa shape index (κ2) is 8.44. The van der Waals surface area contributed by atoms with Gasteiger partial charge in [-0.05, 0) is 48.5 Å². The van der Waals surface area contributed by atoms with Crippen molar-refractivity contribution >= 4 is 34.0 Å². The average Bonchev–Trinajstić information content (AvgIpc) is 3.45. The molecule has 31 heavy (non-hydrogen) atoms. The Bertz CT molecular complexity index is 1260. The molecule has 4 aromatic rings. The van der Waals surface area contributed by atoms with Crippen molar-refractivity contribution < 1.29 is 18.4 Å². The van der Waals surface area contributed by atoms with Crippen molar-refractivity contribution in [3.63, 3.8) is 0 Å². The monoisotopic (exact) mass is 441 g/mol. The van der Waals surface area contributed by atoms with E-state index >= 15 is 0 Å². The highest BCUT2D eigenvalue weighted by molar-refractivity contribution is 7.14. The molecule has 0 unspecified atom stereocenters. The molecule has 0 saturated heterocycles. The van der Waals surface area contributed by atoms with E-state index in [9.17, 15) is 14.0 Å². The fourth-order valence-electron chi connectivity index (χ4n) is 2.80. The van der Waals surface area contributed by atoms with Gasteiger partial charge in [0.25, 0.3) is 5.91 Å². The smallest absolute Gasteiger partial charge is 0.260 e. The minimum atomic E-state index is -0.593. The number of amides is 2. The Balaban J connectivity index is 1.41. The molecule has 10 nitrogen and oxygen atoms in total. The van der Waals surface area contributed by atoms with Crippen LogP contribution >= 0.6 is 11.3 Å². The molecule has 12 heteroatoms. The lowest BCUT2D eigenvalue weighted by Crippen LogP contribution is -2.16. The zero-order valence-corrected chi connectivity index (χ0v) is 17.2. The maximum atomic E-state index is 14.2. The molecule has 0 aliphatic heterocycles. The zero-order valence-electron chi connectivity index (χ0n) is 16.4. The van der Waals surface area contributed by atoms with Gasteiger partial charge in [-0.25, -0.2) is 9.37 Å². The van der Waals surface area contributed by atoms with Gasteiger partial charge in [0.2, 0.25) is 5.91 Å². The summed E-state index contributed by atoms with van der Waals surface area (Å²) in [5.41, 5.74) is 1.35. The fourth-order valence-corrected chi connectivity index (χ4v) is 3.51. The molecular formula is C19H16FN7O3S. The minimum Gasteiger partial charge on any atom is -0.469 e. The van der Waals surface area contributed by atoms with Crippen LogP contribution in [-0.4, -0.2) is 37.0 Å². The molecule has 0 atom stereocenters. The number of anilines is 2. The van der Waals surface area contributed by atoms with Crippen LogP contribution in [0.3, 0.4) is 0 Å². The quantitative estimate of drug-likeness (QED) is 0.471. The van der Waals surface area contributed by atoms with Crippen LogP contribution in [-0.2, 0) is 11.2 Å². The van der Waals surface area contributed by atoms with E-state index < -0.39 is 11.7 Å². The number of halogens is 1. The highest BCUT2D eigenvalue weighted by atomic mass is 32.1. The summed E-state index contributed by atoms with van der Waals surface area (Å²) >= 11 is 1.18. The van der Waals surface area contributed by atoms with Crippen LogP contribution in [0.2, 0.25) is 0 Å². The first-order chi connectivity index (χ1) is 14.9. The van der Waals surface area contributed by atoms with Crippen LogP contribution < -0.4 is 10.6 Å². The summed E-state index contributed by atoms with van der Waals surface area (Å²) in [6.45, 7) is 3.38. The maximum absolute atomic E-state index is 14.2. The molecule has 0 aliphatic carbocycles. The molecule has 0 aliphatic rings. The second-order valence-electron chi connectivity index (χ2n) is 6.52. The number of aryl methyl sites for hydroxylation is 2. The van der Waals surface area contributed by atoms with E-state index in [0.29, 0.717) is 33.7 Å². The molecule has 3 aromatic heterocycles. The Morgan fingerprint density at radius 2 is 2.06 bits per heavy atom. The Kier molecular flexibility index (Phi) is 5.54. The summed E-state index contributed by atoms with van der Waals surface area (Å²) < 4.78 is 20.7. The van der Waals surface area contributed by atoms with Crippen LogP contribution in [0.4, 0.5) is 15.2 Å². The third-order valence-electron chi connectivity index (χ3n) is 4.31. The first-order valence-electron chi connectivity index (χ1n) is 9.05.